The molecule has 86 valence electrons. The molecule has 0 spiro atoms. The van der Waals surface area contributed by atoms with Gasteiger partial charge in [0.05, 0.1) is 0 Å². The molecule has 1 aliphatic heterocycles. The van der Waals surface area contributed by atoms with Crippen LogP contribution in [0.1, 0.15) is 38.5 Å². The maximum absolute atomic E-state index is 5.95. The standard InChI is InChI=1S/C10H20N2.2ClH/c11-9-4-3-7-12(8-9)10-5-1-2-6-10;;/h9-10H,1-8,11H2;2*1H/t9-;;/m0../s1. The molecule has 1 aliphatic carbocycles. The van der Waals surface area contributed by atoms with Crippen LogP contribution in [0.2, 0.25) is 0 Å². The maximum Gasteiger partial charge on any atom is 0.0168 e. The lowest BCUT2D eigenvalue weighted by molar-refractivity contribution is 0.151. The molecule has 0 radical (unpaired) electrons. The smallest absolute Gasteiger partial charge is 0.0168 e. The van der Waals surface area contributed by atoms with Crippen LogP contribution in [0.15, 0.2) is 0 Å². The Balaban J connectivity index is 0.000000845. The first-order valence-electron chi connectivity index (χ1n) is 5.36. The van der Waals surface area contributed by atoms with Gasteiger partial charge in [-0.25, -0.2) is 0 Å². The van der Waals surface area contributed by atoms with E-state index in [9.17, 15) is 0 Å². The number of nitrogens with two attached hydrogens (primary N) is 1. The Morgan fingerprint density at radius 2 is 1.57 bits per heavy atom. The lowest BCUT2D eigenvalue weighted by Gasteiger charge is -2.35. The van der Waals surface area contributed by atoms with E-state index < -0.39 is 0 Å². The van der Waals surface area contributed by atoms with Gasteiger partial charge in [0, 0.05) is 18.6 Å². The second kappa shape index (κ2) is 6.89. The highest BCUT2D eigenvalue weighted by molar-refractivity contribution is 5.85. The molecule has 0 aromatic rings. The quantitative estimate of drug-likeness (QED) is 0.762. The van der Waals surface area contributed by atoms with Crippen LogP contribution in [0.5, 0.6) is 0 Å². The highest BCUT2D eigenvalue weighted by Gasteiger charge is 2.25. The molecular formula is C10H22Cl2N2. The fraction of sp³-hybridized carbons (Fsp3) is 1.00. The Morgan fingerprint density at radius 1 is 0.929 bits per heavy atom. The Hall–Kier alpha value is 0.500. The van der Waals surface area contributed by atoms with E-state index in [1.165, 1.54) is 45.1 Å². The Morgan fingerprint density at radius 3 is 2.14 bits per heavy atom. The van der Waals surface area contributed by atoms with E-state index >= 15 is 0 Å². The molecule has 2 nitrogen and oxygen atoms in total. The van der Waals surface area contributed by atoms with Gasteiger partial charge < -0.3 is 5.73 Å². The van der Waals surface area contributed by atoms with Crippen molar-refractivity contribution in [2.24, 2.45) is 5.73 Å². The molecule has 14 heavy (non-hydrogen) atoms. The topological polar surface area (TPSA) is 29.3 Å². The summed E-state index contributed by atoms with van der Waals surface area (Å²) in [4.78, 5) is 2.63. The van der Waals surface area contributed by atoms with Crippen LogP contribution in [0.3, 0.4) is 0 Å². The zero-order chi connectivity index (χ0) is 8.39. The molecule has 1 saturated carbocycles. The van der Waals surface area contributed by atoms with Crippen LogP contribution in [-0.4, -0.2) is 30.1 Å². The summed E-state index contributed by atoms with van der Waals surface area (Å²) in [5, 5.41) is 0. The minimum Gasteiger partial charge on any atom is -0.327 e. The number of halogens is 2. The first-order valence-corrected chi connectivity index (χ1v) is 5.36. The van der Waals surface area contributed by atoms with E-state index in [-0.39, 0.29) is 24.8 Å². The van der Waals surface area contributed by atoms with Crippen molar-refractivity contribution in [2.45, 2.75) is 50.6 Å². The fourth-order valence-electron chi connectivity index (χ4n) is 2.64. The van der Waals surface area contributed by atoms with Gasteiger partial charge in [-0.1, -0.05) is 12.8 Å². The van der Waals surface area contributed by atoms with Gasteiger partial charge in [-0.3, -0.25) is 4.90 Å². The first-order chi connectivity index (χ1) is 5.86. The van der Waals surface area contributed by atoms with E-state index in [1.54, 1.807) is 0 Å². The SMILES string of the molecule is Cl.Cl.N[C@H]1CCCN(C2CCCC2)C1. The Kier molecular flexibility index (Phi) is 7.13. The molecule has 1 atom stereocenters. The summed E-state index contributed by atoms with van der Waals surface area (Å²) in [7, 11) is 0. The van der Waals surface area contributed by atoms with E-state index in [0.29, 0.717) is 6.04 Å². The van der Waals surface area contributed by atoms with Crippen molar-refractivity contribution in [2.75, 3.05) is 13.1 Å². The number of piperidine rings is 1. The van der Waals surface area contributed by atoms with Gasteiger partial charge in [-0.2, -0.15) is 0 Å². The van der Waals surface area contributed by atoms with Crippen molar-refractivity contribution < 1.29 is 0 Å². The van der Waals surface area contributed by atoms with Crippen LogP contribution in [0.4, 0.5) is 0 Å². The third kappa shape index (κ3) is 3.58. The molecule has 1 saturated heterocycles. The Labute approximate surface area is 99.4 Å². The summed E-state index contributed by atoms with van der Waals surface area (Å²) >= 11 is 0. The van der Waals surface area contributed by atoms with Crippen molar-refractivity contribution in [3.8, 4) is 0 Å². The van der Waals surface area contributed by atoms with E-state index in [4.69, 9.17) is 5.73 Å². The van der Waals surface area contributed by atoms with Gasteiger partial charge in [0.2, 0.25) is 0 Å². The van der Waals surface area contributed by atoms with E-state index in [2.05, 4.69) is 4.90 Å². The minimum atomic E-state index is 0. The molecular weight excluding hydrogens is 219 g/mol. The minimum absolute atomic E-state index is 0. The number of nitrogens with zero attached hydrogens (tertiary/aromatic N) is 1. The van der Waals surface area contributed by atoms with Gasteiger partial charge in [0.15, 0.2) is 0 Å². The van der Waals surface area contributed by atoms with Gasteiger partial charge in [0.1, 0.15) is 0 Å². The average Bonchev–Trinajstić information content (AvgIpc) is 2.56. The lowest BCUT2D eigenvalue weighted by Crippen LogP contribution is -2.46. The van der Waals surface area contributed by atoms with Gasteiger partial charge in [-0.15, -0.1) is 24.8 Å². The van der Waals surface area contributed by atoms with Crippen molar-refractivity contribution in [3.05, 3.63) is 0 Å². The number of hydrogen-bond donors (Lipinski definition) is 1. The maximum atomic E-state index is 5.95. The highest BCUT2D eigenvalue weighted by atomic mass is 35.5. The second-order valence-corrected chi connectivity index (χ2v) is 4.34. The molecule has 2 N–H and O–H groups in total. The van der Waals surface area contributed by atoms with E-state index in [0.717, 1.165) is 12.6 Å². The monoisotopic (exact) mass is 240 g/mol. The largest absolute Gasteiger partial charge is 0.327 e. The predicted molar refractivity (Wildman–Crippen MR) is 65.5 cm³/mol. The summed E-state index contributed by atoms with van der Waals surface area (Å²) in [5.41, 5.74) is 5.95. The van der Waals surface area contributed by atoms with Crippen molar-refractivity contribution in [3.63, 3.8) is 0 Å². The van der Waals surface area contributed by atoms with Crippen LogP contribution in [-0.2, 0) is 0 Å². The van der Waals surface area contributed by atoms with E-state index in [1.807, 2.05) is 0 Å². The number of likely N-dealkylation sites (tertiary alicyclic amines) is 1. The third-order valence-corrected chi connectivity index (χ3v) is 3.33. The second-order valence-electron chi connectivity index (χ2n) is 4.34. The zero-order valence-electron chi connectivity index (χ0n) is 8.65. The van der Waals surface area contributed by atoms with Crippen molar-refractivity contribution in [1.29, 1.82) is 0 Å². The molecule has 0 aromatic heterocycles. The Bertz CT molecular complexity index is 149. The summed E-state index contributed by atoms with van der Waals surface area (Å²) in [6.45, 7) is 2.46. The molecule has 0 aromatic carbocycles. The number of rotatable bonds is 1. The van der Waals surface area contributed by atoms with Crippen molar-refractivity contribution >= 4 is 24.8 Å². The van der Waals surface area contributed by atoms with Crippen LogP contribution < -0.4 is 5.73 Å². The highest BCUT2D eigenvalue weighted by Crippen LogP contribution is 2.25. The first kappa shape index (κ1) is 14.5. The third-order valence-electron chi connectivity index (χ3n) is 3.33. The van der Waals surface area contributed by atoms with Crippen molar-refractivity contribution in [1.82, 2.24) is 4.90 Å². The summed E-state index contributed by atoms with van der Waals surface area (Å²) in [6.07, 6.45) is 8.28. The lowest BCUT2D eigenvalue weighted by atomic mass is 10.0. The molecule has 4 heteroatoms. The average molecular weight is 241 g/mol. The molecule has 2 rings (SSSR count). The number of hydrogen-bond acceptors (Lipinski definition) is 2. The van der Waals surface area contributed by atoms with Gasteiger partial charge >= 0.3 is 0 Å². The predicted octanol–water partition coefficient (Wildman–Crippen LogP) is 2.20. The molecule has 0 bridgehead atoms. The molecule has 0 amide bonds. The van der Waals surface area contributed by atoms with Crippen LogP contribution in [0.25, 0.3) is 0 Å². The summed E-state index contributed by atoms with van der Waals surface area (Å²) < 4.78 is 0. The fourth-order valence-corrected chi connectivity index (χ4v) is 2.64. The normalized spacial score (nSPS) is 29.4. The van der Waals surface area contributed by atoms with Crippen LogP contribution >= 0.6 is 24.8 Å². The van der Waals surface area contributed by atoms with Gasteiger partial charge in [0.25, 0.3) is 0 Å². The molecule has 1 heterocycles. The summed E-state index contributed by atoms with van der Waals surface area (Å²) in [6, 6.07) is 1.34. The van der Waals surface area contributed by atoms with Crippen LogP contribution in [0, 0.1) is 0 Å². The molecule has 2 aliphatic rings. The zero-order valence-corrected chi connectivity index (χ0v) is 10.3. The molecule has 2 fully saturated rings. The summed E-state index contributed by atoms with van der Waals surface area (Å²) in [5.74, 6) is 0. The molecule has 0 unspecified atom stereocenters. The van der Waals surface area contributed by atoms with Gasteiger partial charge in [-0.05, 0) is 32.2 Å².